The van der Waals surface area contributed by atoms with Gasteiger partial charge in [-0.15, -0.1) is 5.10 Å². The van der Waals surface area contributed by atoms with E-state index in [4.69, 9.17) is 16.3 Å². The van der Waals surface area contributed by atoms with Gasteiger partial charge in [0.25, 0.3) is 5.91 Å². The lowest BCUT2D eigenvalue weighted by atomic mass is 10.1. The molecule has 0 saturated heterocycles. The van der Waals surface area contributed by atoms with Crippen molar-refractivity contribution in [1.29, 1.82) is 0 Å². The van der Waals surface area contributed by atoms with E-state index in [9.17, 15) is 4.79 Å². The molecule has 24 heavy (non-hydrogen) atoms. The molecule has 0 aliphatic carbocycles. The summed E-state index contributed by atoms with van der Waals surface area (Å²) in [6.45, 7) is 0. The van der Waals surface area contributed by atoms with Crippen LogP contribution in [0.25, 0.3) is 5.69 Å². The van der Waals surface area contributed by atoms with Crippen molar-refractivity contribution in [3.63, 3.8) is 0 Å². The zero-order valence-corrected chi connectivity index (χ0v) is 14.7. The minimum Gasteiger partial charge on any atom is -0.495 e. The number of benzene rings is 2. The SMILES string of the molecule is COc1ccc(NC(=O)c2cc(Br)ccc2-n2cnnn2)cc1Cl. The van der Waals surface area contributed by atoms with E-state index in [1.54, 1.807) is 36.4 Å². The number of anilines is 1. The molecule has 0 bridgehead atoms. The van der Waals surface area contributed by atoms with Gasteiger partial charge in [-0.05, 0) is 46.8 Å². The minimum atomic E-state index is -0.317. The second-order valence-electron chi connectivity index (χ2n) is 4.72. The van der Waals surface area contributed by atoms with Gasteiger partial charge < -0.3 is 10.1 Å². The Morgan fingerprint density at radius 2 is 2.12 bits per heavy atom. The molecule has 2 aromatic carbocycles. The van der Waals surface area contributed by atoms with Crippen molar-refractivity contribution in [2.75, 3.05) is 12.4 Å². The van der Waals surface area contributed by atoms with Gasteiger partial charge in [0.2, 0.25) is 0 Å². The van der Waals surface area contributed by atoms with E-state index in [1.807, 2.05) is 0 Å². The number of amides is 1. The number of halogens is 2. The summed E-state index contributed by atoms with van der Waals surface area (Å²) in [6.07, 6.45) is 1.42. The van der Waals surface area contributed by atoms with Crippen LogP contribution in [0.1, 0.15) is 10.4 Å². The van der Waals surface area contributed by atoms with Crippen molar-refractivity contribution in [2.24, 2.45) is 0 Å². The molecule has 3 rings (SSSR count). The number of aromatic nitrogens is 4. The van der Waals surface area contributed by atoms with Crippen LogP contribution in [-0.4, -0.2) is 33.2 Å². The number of nitrogens with one attached hydrogen (secondary N) is 1. The van der Waals surface area contributed by atoms with Gasteiger partial charge >= 0.3 is 0 Å². The molecule has 0 saturated carbocycles. The van der Waals surface area contributed by atoms with Crippen molar-refractivity contribution in [3.05, 3.63) is 57.8 Å². The average molecular weight is 409 g/mol. The number of hydrogen-bond donors (Lipinski definition) is 1. The first kappa shape index (κ1) is 16.4. The Morgan fingerprint density at radius 1 is 1.29 bits per heavy atom. The van der Waals surface area contributed by atoms with Crippen LogP contribution in [0.5, 0.6) is 5.75 Å². The second kappa shape index (κ2) is 6.98. The Labute approximate surface area is 150 Å². The third kappa shape index (κ3) is 3.39. The molecule has 7 nitrogen and oxygen atoms in total. The fraction of sp³-hybridized carbons (Fsp3) is 0.0667. The number of rotatable bonds is 4. The van der Waals surface area contributed by atoms with E-state index >= 15 is 0 Å². The zero-order chi connectivity index (χ0) is 17.1. The first-order chi connectivity index (χ1) is 11.6. The predicted molar refractivity (Wildman–Crippen MR) is 92.8 cm³/mol. The average Bonchev–Trinajstić information content (AvgIpc) is 3.09. The monoisotopic (exact) mass is 407 g/mol. The molecule has 122 valence electrons. The molecular weight excluding hydrogens is 398 g/mol. The Balaban J connectivity index is 1.93. The highest BCUT2D eigenvalue weighted by Crippen LogP contribution is 2.28. The predicted octanol–water partition coefficient (Wildman–Crippen LogP) is 3.34. The highest BCUT2D eigenvalue weighted by molar-refractivity contribution is 9.10. The van der Waals surface area contributed by atoms with Gasteiger partial charge in [0.05, 0.1) is 23.4 Å². The van der Waals surface area contributed by atoms with E-state index in [2.05, 4.69) is 36.8 Å². The van der Waals surface area contributed by atoms with E-state index in [0.29, 0.717) is 27.7 Å². The van der Waals surface area contributed by atoms with Crippen LogP contribution in [0.15, 0.2) is 47.2 Å². The Bertz CT molecular complexity index is 886. The summed E-state index contributed by atoms with van der Waals surface area (Å²) in [5, 5.41) is 14.2. The molecule has 0 aliphatic heterocycles. The van der Waals surface area contributed by atoms with Crippen molar-refractivity contribution >= 4 is 39.1 Å². The van der Waals surface area contributed by atoms with E-state index < -0.39 is 0 Å². The fourth-order valence-corrected chi connectivity index (χ4v) is 2.72. The number of tetrazole rings is 1. The summed E-state index contributed by atoms with van der Waals surface area (Å²) in [5.41, 5.74) is 1.51. The van der Waals surface area contributed by atoms with Gasteiger partial charge in [0.1, 0.15) is 12.1 Å². The lowest BCUT2D eigenvalue weighted by Gasteiger charge is -2.11. The van der Waals surface area contributed by atoms with Crippen molar-refractivity contribution in [3.8, 4) is 11.4 Å². The smallest absolute Gasteiger partial charge is 0.257 e. The lowest BCUT2D eigenvalue weighted by molar-refractivity contribution is 0.102. The summed E-state index contributed by atoms with van der Waals surface area (Å²) >= 11 is 9.45. The Hall–Kier alpha value is -2.45. The Morgan fingerprint density at radius 3 is 2.79 bits per heavy atom. The molecule has 0 spiro atoms. The van der Waals surface area contributed by atoms with Crippen LogP contribution in [0, 0.1) is 0 Å². The molecule has 0 atom stereocenters. The summed E-state index contributed by atoms with van der Waals surface area (Å²) in [6, 6.07) is 10.2. The van der Waals surface area contributed by atoms with Crippen LogP contribution in [-0.2, 0) is 0 Å². The topological polar surface area (TPSA) is 81.9 Å². The van der Waals surface area contributed by atoms with Crippen LogP contribution in [0.3, 0.4) is 0 Å². The number of hydrogen-bond acceptors (Lipinski definition) is 5. The van der Waals surface area contributed by atoms with Crippen molar-refractivity contribution in [1.82, 2.24) is 20.2 Å². The second-order valence-corrected chi connectivity index (χ2v) is 6.04. The molecule has 0 aliphatic rings. The maximum atomic E-state index is 12.7. The number of carbonyl (C=O) groups excluding carboxylic acids is 1. The zero-order valence-electron chi connectivity index (χ0n) is 12.4. The van der Waals surface area contributed by atoms with Gasteiger partial charge in [-0.2, -0.15) is 4.68 Å². The quantitative estimate of drug-likeness (QED) is 0.716. The van der Waals surface area contributed by atoms with E-state index in [0.717, 1.165) is 4.47 Å². The molecule has 0 unspecified atom stereocenters. The van der Waals surface area contributed by atoms with Gasteiger partial charge in [-0.3, -0.25) is 4.79 Å². The molecular formula is C15H11BrClN5O2. The summed E-state index contributed by atoms with van der Waals surface area (Å²) < 4.78 is 7.28. The maximum absolute atomic E-state index is 12.7. The number of methoxy groups -OCH3 is 1. The van der Waals surface area contributed by atoms with E-state index in [-0.39, 0.29) is 5.91 Å². The van der Waals surface area contributed by atoms with Gasteiger partial charge in [0.15, 0.2) is 0 Å². The first-order valence-electron chi connectivity index (χ1n) is 6.76. The molecule has 1 heterocycles. The highest BCUT2D eigenvalue weighted by atomic mass is 79.9. The van der Waals surface area contributed by atoms with Crippen molar-refractivity contribution in [2.45, 2.75) is 0 Å². The molecule has 0 fully saturated rings. The van der Waals surface area contributed by atoms with Gasteiger partial charge in [-0.1, -0.05) is 27.5 Å². The van der Waals surface area contributed by atoms with Crippen LogP contribution < -0.4 is 10.1 Å². The standard InChI is InChI=1S/C15H11BrClN5O2/c1-24-14-5-3-10(7-12(14)17)19-15(23)11-6-9(16)2-4-13(11)22-8-18-20-21-22/h2-8H,1H3,(H,19,23). The number of carbonyl (C=O) groups is 1. The summed E-state index contributed by atoms with van der Waals surface area (Å²) in [5.74, 6) is 0.217. The largest absolute Gasteiger partial charge is 0.495 e. The normalized spacial score (nSPS) is 10.5. The molecule has 9 heteroatoms. The van der Waals surface area contributed by atoms with Crippen LogP contribution in [0.4, 0.5) is 5.69 Å². The first-order valence-corrected chi connectivity index (χ1v) is 7.93. The Kier molecular flexibility index (Phi) is 4.77. The molecule has 1 aromatic heterocycles. The third-order valence-corrected chi connectivity index (χ3v) is 4.00. The molecule has 1 N–H and O–H groups in total. The van der Waals surface area contributed by atoms with E-state index in [1.165, 1.54) is 18.1 Å². The molecule has 0 radical (unpaired) electrons. The van der Waals surface area contributed by atoms with Crippen molar-refractivity contribution < 1.29 is 9.53 Å². The maximum Gasteiger partial charge on any atom is 0.257 e. The van der Waals surface area contributed by atoms with Gasteiger partial charge in [0, 0.05) is 10.2 Å². The minimum absolute atomic E-state index is 0.317. The number of nitrogens with zero attached hydrogens (tertiary/aromatic N) is 4. The summed E-state index contributed by atoms with van der Waals surface area (Å²) in [4.78, 5) is 12.7. The van der Waals surface area contributed by atoms with Gasteiger partial charge in [-0.25, -0.2) is 0 Å². The summed E-state index contributed by atoms with van der Waals surface area (Å²) in [7, 11) is 1.53. The molecule has 1 amide bonds. The third-order valence-electron chi connectivity index (χ3n) is 3.21. The fourth-order valence-electron chi connectivity index (χ4n) is 2.10. The number of ether oxygens (including phenoxy) is 1. The lowest BCUT2D eigenvalue weighted by Crippen LogP contribution is -2.15. The molecule has 3 aromatic rings. The highest BCUT2D eigenvalue weighted by Gasteiger charge is 2.15. The van der Waals surface area contributed by atoms with Crippen LogP contribution >= 0.6 is 27.5 Å². The van der Waals surface area contributed by atoms with Crippen LogP contribution in [0.2, 0.25) is 5.02 Å².